The second-order valence-electron chi connectivity index (χ2n) is 18.9. The maximum atomic E-state index is 10.3. The third-order valence-corrected chi connectivity index (χ3v) is 10.4. The summed E-state index contributed by atoms with van der Waals surface area (Å²) in [5, 5.41) is 2.68. The van der Waals surface area contributed by atoms with E-state index < -0.39 is 0 Å². The SMILES string of the molecule is CC1[N+](c2cc(C(C)(C)C)ccc2C(C)(C)C)=C2C(=[N+]1c1cc(C(C)(C)C)ccc1C(C)(C)C)c1cccc3cccc2c13.COC(=O)C(C)C. The van der Waals surface area contributed by atoms with E-state index in [-0.39, 0.29) is 39.7 Å². The van der Waals surface area contributed by atoms with Crippen LogP contribution in [-0.4, -0.2) is 39.8 Å². The van der Waals surface area contributed by atoms with Crippen molar-refractivity contribution in [3.63, 3.8) is 0 Å². The highest BCUT2D eigenvalue weighted by molar-refractivity contribution is 6.58. The Morgan fingerprint density at radius 2 is 1.00 bits per heavy atom. The smallest absolute Gasteiger partial charge is 0.351 e. The number of hydrogen-bond donors (Lipinski definition) is 0. The Bertz CT molecular complexity index is 1930. The summed E-state index contributed by atoms with van der Waals surface area (Å²) in [5.41, 5.74) is 13.6. The maximum absolute atomic E-state index is 10.3. The first-order valence-corrected chi connectivity index (χ1v) is 18.7. The van der Waals surface area contributed by atoms with Crippen molar-refractivity contribution in [3.05, 3.63) is 106 Å². The number of fused-ring (bicyclic) bond motifs is 3. The second-order valence-corrected chi connectivity index (χ2v) is 18.9. The lowest BCUT2D eigenvalue weighted by atomic mass is 9.80. The largest absolute Gasteiger partial charge is 0.469 e. The van der Waals surface area contributed by atoms with Crippen LogP contribution in [0.15, 0.2) is 72.8 Å². The summed E-state index contributed by atoms with van der Waals surface area (Å²) in [6.45, 7) is 34.1. The molecule has 6 rings (SSSR count). The van der Waals surface area contributed by atoms with E-state index >= 15 is 0 Å². The summed E-state index contributed by atoms with van der Waals surface area (Å²) >= 11 is 0. The molecular formula is C47H62N2O2+2. The van der Waals surface area contributed by atoms with Crippen molar-refractivity contribution in [1.82, 2.24) is 0 Å². The van der Waals surface area contributed by atoms with Gasteiger partial charge in [0.15, 0.2) is 0 Å². The second kappa shape index (κ2) is 13.2. The number of hydrogen-bond acceptors (Lipinski definition) is 2. The molecule has 4 aromatic rings. The van der Waals surface area contributed by atoms with E-state index in [2.05, 4.69) is 177 Å². The third-order valence-electron chi connectivity index (χ3n) is 10.4. The average molecular weight is 687 g/mol. The van der Waals surface area contributed by atoms with Crippen LogP contribution in [0.4, 0.5) is 11.4 Å². The monoisotopic (exact) mass is 686 g/mol. The molecule has 0 spiro atoms. The standard InChI is InChI=1S/C42H52N2.C5H10O2/c1-26-43(34-24-28(39(2,3)4)20-22-32(34)41(8,9)10)37-30-18-14-16-27-17-15-19-31(36(27)30)38(37)44(26)35-25-29(40(5,6)7)21-23-33(35)42(11,12)13;1-4(2)5(6)7-3/h14-26H,1-13H3;4H,1-3H3/q+2;. The Balaban J connectivity index is 0.000000654. The minimum Gasteiger partial charge on any atom is -0.469 e. The molecule has 4 nitrogen and oxygen atoms in total. The zero-order valence-corrected chi connectivity index (χ0v) is 34.3. The molecule has 0 radical (unpaired) electrons. The van der Waals surface area contributed by atoms with Gasteiger partial charge in [-0.1, -0.05) is 145 Å². The molecule has 0 amide bonds. The van der Waals surface area contributed by atoms with Crippen LogP contribution in [0, 0.1) is 5.92 Å². The molecule has 1 heterocycles. The fourth-order valence-corrected chi connectivity index (χ4v) is 7.51. The Kier molecular flexibility index (Phi) is 9.86. The normalized spacial score (nSPS) is 15.1. The number of carbonyl (C=O) groups is 1. The first-order valence-electron chi connectivity index (χ1n) is 18.7. The van der Waals surface area contributed by atoms with E-state index in [1.807, 2.05) is 0 Å². The molecule has 0 aromatic heterocycles. The number of methoxy groups -OCH3 is 1. The molecule has 0 saturated carbocycles. The number of ether oxygens (including phenoxy) is 1. The maximum Gasteiger partial charge on any atom is 0.351 e. The van der Waals surface area contributed by atoms with Crippen LogP contribution in [0.3, 0.4) is 0 Å². The van der Waals surface area contributed by atoms with Gasteiger partial charge < -0.3 is 4.74 Å². The highest BCUT2D eigenvalue weighted by atomic mass is 16.5. The summed E-state index contributed by atoms with van der Waals surface area (Å²) in [6.07, 6.45) is 0.0799. The van der Waals surface area contributed by atoms with Crippen LogP contribution in [0.2, 0.25) is 0 Å². The topological polar surface area (TPSA) is 32.3 Å². The van der Waals surface area contributed by atoms with E-state index in [0.29, 0.717) is 0 Å². The predicted molar refractivity (Wildman–Crippen MR) is 216 cm³/mol. The molecule has 51 heavy (non-hydrogen) atoms. The van der Waals surface area contributed by atoms with E-state index in [1.54, 1.807) is 13.8 Å². The molecule has 0 saturated heterocycles. The molecule has 4 aromatic carbocycles. The molecule has 0 bridgehead atoms. The van der Waals surface area contributed by atoms with E-state index in [4.69, 9.17) is 0 Å². The molecule has 4 heteroatoms. The van der Waals surface area contributed by atoms with Crippen LogP contribution < -0.4 is 0 Å². The lowest BCUT2D eigenvalue weighted by molar-refractivity contribution is -0.688. The number of benzene rings is 4. The van der Waals surface area contributed by atoms with E-state index in [1.165, 1.54) is 74.1 Å². The van der Waals surface area contributed by atoms with Gasteiger partial charge in [0.1, 0.15) is 0 Å². The first kappa shape index (κ1) is 38.2. The van der Waals surface area contributed by atoms with Crippen LogP contribution >= 0.6 is 0 Å². The predicted octanol–water partition coefficient (Wildman–Crippen LogP) is 11.5. The van der Waals surface area contributed by atoms with Gasteiger partial charge in [-0.2, -0.15) is 0 Å². The fourth-order valence-electron chi connectivity index (χ4n) is 7.51. The van der Waals surface area contributed by atoms with Gasteiger partial charge in [0, 0.05) is 28.6 Å². The van der Waals surface area contributed by atoms with Crippen molar-refractivity contribution in [3.8, 4) is 0 Å². The summed E-state index contributed by atoms with van der Waals surface area (Å²) in [4.78, 5) is 10.3. The van der Waals surface area contributed by atoms with Crippen molar-refractivity contribution in [2.24, 2.45) is 5.92 Å². The molecule has 0 N–H and O–H groups in total. The van der Waals surface area contributed by atoms with Gasteiger partial charge >= 0.3 is 12.1 Å². The molecule has 1 aliphatic heterocycles. The average Bonchev–Trinajstić information content (AvgIpc) is 3.51. The van der Waals surface area contributed by atoms with Crippen LogP contribution in [0.1, 0.15) is 137 Å². The van der Waals surface area contributed by atoms with Gasteiger partial charge in [0.2, 0.25) is 11.4 Å². The van der Waals surface area contributed by atoms with Gasteiger partial charge in [-0.25, -0.2) is 0 Å². The Morgan fingerprint density at radius 1 is 0.608 bits per heavy atom. The molecule has 270 valence electrons. The highest BCUT2D eigenvalue weighted by Crippen LogP contribution is 2.45. The van der Waals surface area contributed by atoms with Gasteiger partial charge in [-0.05, 0) is 50.3 Å². The van der Waals surface area contributed by atoms with Gasteiger partial charge in [-0.15, -0.1) is 9.15 Å². The summed E-state index contributed by atoms with van der Waals surface area (Å²) in [7, 11) is 1.39. The zero-order chi connectivity index (χ0) is 38.0. The minimum absolute atomic E-state index is 0.00463. The summed E-state index contributed by atoms with van der Waals surface area (Å²) < 4.78 is 9.73. The van der Waals surface area contributed by atoms with Crippen LogP contribution in [0.25, 0.3) is 10.8 Å². The van der Waals surface area contributed by atoms with E-state index in [9.17, 15) is 4.79 Å². The van der Waals surface area contributed by atoms with Crippen molar-refractivity contribution in [2.45, 2.75) is 132 Å². The summed E-state index contributed by atoms with van der Waals surface area (Å²) in [5.74, 6) is -0.148. The molecule has 0 fully saturated rings. The van der Waals surface area contributed by atoms with Gasteiger partial charge in [-0.3, -0.25) is 4.79 Å². The van der Waals surface area contributed by atoms with Crippen LogP contribution in [0.5, 0.6) is 0 Å². The third kappa shape index (κ3) is 7.08. The number of carbonyl (C=O) groups excluding carboxylic acids is 1. The minimum atomic E-state index is -0.153. The first-order chi connectivity index (χ1) is 23.5. The van der Waals surface area contributed by atoms with Crippen molar-refractivity contribution in [1.29, 1.82) is 0 Å². The number of rotatable bonds is 3. The van der Waals surface area contributed by atoms with Crippen molar-refractivity contribution < 1.29 is 18.7 Å². The molecule has 1 aliphatic carbocycles. The van der Waals surface area contributed by atoms with E-state index in [0.717, 1.165) is 0 Å². The fraction of sp³-hybridized carbons (Fsp3) is 0.468. The Morgan fingerprint density at radius 3 is 1.29 bits per heavy atom. The number of esters is 1. The Labute approximate surface area is 308 Å². The molecule has 2 aliphatic rings. The lowest BCUT2D eigenvalue weighted by Gasteiger charge is -2.26. The van der Waals surface area contributed by atoms with Crippen LogP contribution in [-0.2, 0) is 31.2 Å². The highest BCUT2D eigenvalue weighted by Gasteiger charge is 2.54. The quantitative estimate of drug-likeness (QED) is 0.159. The van der Waals surface area contributed by atoms with Crippen molar-refractivity contribution >= 4 is 39.5 Å². The van der Waals surface area contributed by atoms with Crippen molar-refractivity contribution in [2.75, 3.05) is 7.11 Å². The Hall–Kier alpha value is -4.05. The summed E-state index contributed by atoms with van der Waals surface area (Å²) in [6, 6.07) is 28.2. The lowest BCUT2D eigenvalue weighted by Crippen LogP contribution is -2.30. The van der Waals surface area contributed by atoms with Gasteiger partial charge in [0.25, 0.3) is 11.4 Å². The molecule has 0 unspecified atom stereocenters. The molecule has 0 atom stereocenters. The zero-order valence-electron chi connectivity index (χ0n) is 34.3. The number of nitrogens with zero attached hydrogens (tertiary/aromatic N) is 2. The van der Waals surface area contributed by atoms with Gasteiger partial charge in [0.05, 0.1) is 31.1 Å². The molecular weight excluding hydrogens is 625 g/mol.